The highest BCUT2D eigenvalue weighted by Gasteiger charge is 2.22. The molecular formula is C10H17N3O3S. The van der Waals surface area contributed by atoms with E-state index in [-0.39, 0.29) is 10.6 Å². The van der Waals surface area contributed by atoms with Crippen LogP contribution in [-0.4, -0.2) is 41.0 Å². The fourth-order valence-electron chi connectivity index (χ4n) is 1.33. The third-order valence-corrected chi connectivity index (χ3v) is 4.29. The molecule has 1 aromatic carbocycles. The molecule has 0 unspecified atom stereocenters. The minimum absolute atomic E-state index is 0.0731. The summed E-state index contributed by atoms with van der Waals surface area (Å²) >= 11 is 0. The molecule has 0 saturated heterocycles. The first-order chi connectivity index (χ1) is 7.82. The number of anilines is 2. The van der Waals surface area contributed by atoms with Crippen molar-refractivity contribution in [2.24, 2.45) is 0 Å². The van der Waals surface area contributed by atoms with Crippen molar-refractivity contribution in [3.8, 4) is 0 Å². The number of rotatable bonds is 4. The van der Waals surface area contributed by atoms with Crippen LogP contribution in [0.3, 0.4) is 0 Å². The molecule has 0 heterocycles. The molecule has 96 valence electrons. The van der Waals surface area contributed by atoms with E-state index >= 15 is 0 Å². The van der Waals surface area contributed by atoms with Gasteiger partial charge < -0.3 is 5.73 Å². The van der Waals surface area contributed by atoms with E-state index in [0.717, 1.165) is 4.31 Å². The van der Waals surface area contributed by atoms with Crippen molar-refractivity contribution in [2.75, 3.05) is 39.0 Å². The number of benzene rings is 1. The molecule has 0 aliphatic carbocycles. The van der Waals surface area contributed by atoms with Crippen LogP contribution >= 0.6 is 0 Å². The second-order valence-electron chi connectivity index (χ2n) is 3.66. The van der Waals surface area contributed by atoms with E-state index in [1.807, 2.05) is 0 Å². The molecule has 0 atom stereocenters. The zero-order valence-electron chi connectivity index (χ0n) is 10.3. The van der Waals surface area contributed by atoms with Gasteiger partial charge in [-0.15, -0.1) is 0 Å². The molecule has 0 aromatic heterocycles. The average molecular weight is 259 g/mol. The molecule has 2 N–H and O–H groups in total. The standard InChI is InChI=1S/C10H17N3O3S/c1-12(2)17(14,15)9-7-5-6-8(10(9)11)13(3)16-4/h5-7H,11H2,1-4H3. The van der Waals surface area contributed by atoms with E-state index in [2.05, 4.69) is 0 Å². The zero-order chi connectivity index (χ0) is 13.2. The topological polar surface area (TPSA) is 75.9 Å². The summed E-state index contributed by atoms with van der Waals surface area (Å²) in [7, 11) is 2.50. The fourth-order valence-corrected chi connectivity index (χ4v) is 2.35. The smallest absolute Gasteiger partial charge is 0.244 e. The van der Waals surface area contributed by atoms with Gasteiger partial charge in [-0.3, -0.25) is 9.90 Å². The third kappa shape index (κ3) is 2.51. The van der Waals surface area contributed by atoms with Gasteiger partial charge in [0, 0.05) is 21.1 Å². The van der Waals surface area contributed by atoms with Gasteiger partial charge in [-0.2, -0.15) is 0 Å². The number of para-hydroxylation sites is 1. The molecule has 0 fully saturated rings. The number of hydrogen-bond donors (Lipinski definition) is 1. The van der Waals surface area contributed by atoms with E-state index in [4.69, 9.17) is 10.6 Å². The molecule has 6 nitrogen and oxygen atoms in total. The van der Waals surface area contributed by atoms with Crippen LogP contribution in [0.1, 0.15) is 0 Å². The van der Waals surface area contributed by atoms with Crippen molar-refractivity contribution >= 4 is 21.4 Å². The van der Waals surface area contributed by atoms with E-state index in [9.17, 15) is 8.42 Å². The first kappa shape index (κ1) is 13.8. The Morgan fingerprint density at radius 1 is 1.24 bits per heavy atom. The second-order valence-corrected chi connectivity index (χ2v) is 5.78. The summed E-state index contributed by atoms with van der Waals surface area (Å²) in [5, 5.41) is 1.41. The Bertz CT molecular complexity index is 500. The molecule has 0 amide bonds. The van der Waals surface area contributed by atoms with Crippen molar-refractivity contribution in [3.63, 3.8) is 0 Å². The van der Waals surface area contributed by atoms with Crippen LogP contribution < -0.4 is 10.8 Å². The molecule has 7 heteroatoms. The van der Waals surface area contributed by atoms with E-state index < -0.39 is 10.0 Å². The Morgan fingerprint density at radius 2 is 1.82 bits per heavy atom. The summed E-state index contributed by atoms with van der Waals surface area (Å²) in [5.74, 6) is 0. The van der Waals surface area contributed by atoms with Crippen molar-refractivity contribution in [3.05, 3.63) is 18.2 Å². The lowest BCUT2D eigenvalue weighted by atomic mass is 10.3. The molecule has 0 saturated carbocycles. The molecule has 0 bridgehead atoms. The summed E-state index contributed by atoms with van der Waals surface area (Å²) in [4.78, 5) is 5.06. The Morgan fingerprint density at radius 3 is 2.29 bits per heavy atom. The van der Waals surface area contributed by atoms with Gasteiger partial charge in [-0.05, 0) is 12.1 Å². The maximum Gasteiger partial charge on any atom is 0.244 e. The Hall–Kier alpha value is -1.31. The minimum Gasteiger partial charge on any atom is -0.396 e. The molecule has 17 heavy (non-hydrogen) atoms. The van der Waals surface area contributed by atoms with Crippen molar-refractivity contribution in [1.29, 1.82) is 0 Å². The van der Waals surface area contributed by atoms with Crippen molar-refractivity contribution in [2.45, 2.75) is 4.90 Å². The largest absolute Gasteiger partial charge is 0.396 e. The highest BCUT2D eigenvalue weighted by atomic mass is 32.2. The van der Waals surface area contributed by atoms with Crippen molar-refractivity contribution in [1.82, 2.24) is 4.31 Å². The summed E-state index contributed by atoms with van der Waals surface area (Å²) < 4.78 is 25.1. The minimum atomic E-state index is -3.55. The van der Waals surface area contributed by atoms with Gasteiger partial charge in [0.25, 0.3) is 0 Å². The SMILES string of the molecule is CON(C)c1cccc(S(=O)(=O)N(C)C)c1N. The van der Waals surface area contributed by atoms with Crippen molar-refractivity contribution < 1.29 is 13.3 Å². The number of sulfonamides is 1. The van der Waals surface area contributed by atoms with Crippen LogP contribution in [-0.2, 0) is 14.9 Å². The predicted molar refractivity (Wildman–Crippen MR) is 67.1 cm³/mol. The first-order valence-electron chi connectivity index (χ1n) is 4.91. The van der Waals surface area contributed by atoms with E-state index in [1.165, 1.54) is 32.3 Å². The summed E-state index contributed by atoms with van der Waals surface area (Å²) in [6.07, 6.45) is 0. The van der Waals surface area contributed by atoms with Gasteiger partial charge in [-0.1, -0.05) is 6.07 Å². The van der Waals surface area contributed by atoms with E-state index in [1.54, 1.807) is 19.2 Å². The Balaban J connectivity index is 3.39. The van der Waals surface area contributed by atoms with Gasteiger partial charge in [0.15, 0.2) is 0 Å². The quantitative estimate of drug-likeness (QED) is 0.630. The van der Waals surface area contributed by atoms with Crippen LogP contribution in [0.4, 0.5) is 11.4 Å². The molecule has 0 aliphatic heterocycles. The molecule has 0 aliphatic rings. The normalized spacial score (nSPS) is 11.8. The highest BCUT2D eigenvalue weighted by Crippen LogP contribution is 2.30. The number of nitrogens with two attached hydrogens (primary N) is 1. The predicted octanol–water partition coefficient (Wildman–Crippen LogP) is 0.517. The first-order valence-corrected chi connectivity index (χ1v) is 6.35. The molecule has 0 spiro atoms. The van der Waals surface area contributed by atoms with Gasteiger partial charge in [0.05, 0.1) is 18.5 Å². The van der Waals surface area contributed by atoms with Crippen LogP contribution in [0.5, 0.6) is 0 Å². The Labute approximate surface area is 102 Å². The average Bonchev–Trinajstić information content (AvgIpc) is 2.27. The molecule has 1 aromatic rings. The van der Waals surface area contributed by atoms with Crippen LogP contribution in [0.2, 0.25) is 0 Å². The molecule has 0 radical (unpaired) electrons. The van der Waals surface area contributed by atoms with Gasteiger partial charge in [-0.25, -0.2) is 12.7 Å². The number of nitrogens with zero attached hydrogens (tertiary/aromatic N) is 2. The second kappa shape index (κ2) is 4.91. The maximum absolute atomic E-state index is 12.0. The van der Waals surface area contributed by atoms with Gasteiger partial charge in [0.1, 0.15) is 4.90 Å². The third-order valence-electron chi connectivity index (χ3n) is 2.41. The van der Waals surface area contributed by atoms with Gasteiger partial charge in [0.2, 0.25) is 10.0 Å². The fraction of sp³-hybridized carbons (Fsp3) is 0.400. The maximum atomic E-state index is 12.0. The lowest BCUT2D eigenvalue weighted by Gasteiger charge is -2.20. The zero-order valence-corrected chi connectivity index (χ0v) is 11.2. The number of hydroxylamine groups is 1. The molecular weight excluding hydrogens is 242 g/mol. The van der Waals surface area contributed by atoms with Crippen LogP contribution in [0.15, 0.2) is 23.1 Å². The van der Waals surface area contributed by atoms with Crippen LogP contribution in [0, 0.1) is 0 Å². The summed E-state index contributed by atoms with van der Waals surface area (Å²) in [5.41, 5.74) is 6.54. The Kier molecular flexibility index (Phi) is 3.97. The lowest BCUT2D eigenvalue weighted by Crippen LogP contribution is -2.24. The van der Waals surface area contributed by atoms with Gasteiger partial charge >= 0.3 is 0 Å². The number of nitrogen functional groups attached to an aromatic ring is 1. The van der Waals surface area contributed by atoms with E-state index in [0.29, 0.717) is 5.69 Å². The highest BCUT2D eigenvalue weighted by molar-refractivity contribution is 7.89. The molecule has 1 rings (SSSR count). The number of hydrogen-bond acceptors (Lipinski definition) is 5. The van der Waals surface area contributed by atoms with Crippen LogP contribution in [0.25, 0.3) is 0 Å². The summed E-state index contributed by atoms with van der Waals surface area (Å²) in [6, 6.07) is 4.78. The lowest BCUT2D eigenvalue weighted by molar-refractivity contribution is 0.185. The monoisotopic (exact) mass is 259 g/mol. The summed E-state index contributed by atoms with van der Waals surface area (Å²) in [6.45, 7) is 0.